The summed E-state index contributed by atoms with van der Waals surface area (Å²) in [6, 6.07) is 8.20. The lowest BCUT2D eigenvalue weighted by atomic mass is 10.0. The van der Waals surface area contributed by atoms with E-state index in [4.69, 9.17) is 4.74 Å². The number of anilines is 1. The van der Waals surface area contributed by atoms with Crippen molar-refractivity contribution < 1.29 is 14.6 Å². The molecule has 2 N–H and O–H groups in total. The highest BCUT2D eigenvalue weighted by molar-refractivity contribution is 5.74. The van der Waals surface area contributed by atoms with Gasteiger partial charge < -0.3 is 25.0 Å². The van der Waals surface area contributed by atoms with Gasteiger partial charge in [-0.2, -0.15) is 0 Å². The molecular weight excluding hydrogens is 306 g/mol. The van der Waals surface area contributed by atoms with Gasteiger partial charge in [-0.25, -0.2) is 4.79 Å². The van der Waals surface area contributed by atoms with E-state index in [1.807, 2.05) is 24.0 Å². The number of aliphatic hydroxyl groups is 1. The van der Waals surface area contributed by atoms with E-state index in [1.54, 1.807) is 6.92 Å². The van der Waals surface area contributed by atoms with Gasteiger partial charge in [-0.1, -0.05) is 0 Å². The van der Waals surface area contributed by atoms with E-state index in [0.717, 1.165) is 31.9 Å². The standard InChI is InChI=1S/C18H27N3O3/c1-3-24-17-6-4-16(5-7-17)20-9-14-11-21(12-15(14)10-20)18(23)19-8-13(2)22/h4-7,13-15,22H,3,8-12H2,1-2H3,(H,19,23)/t13?,14-,15+. The Labute approximate surface area is 143 Å². The Morgan fingerprint density at radius 2 is 1.88 bits per heavy atom. The molecule has 3 atom stereocenters. The molecular formula is C18H27N3O3. The summed E-state index contributed by atoms with van der Waals surface area (Å²) in [5.74, 6) is 1.95. The third kappa shape index (κ3) is 3.75. The SMILES string of the molecule is CCOc1ccc(N2C[C@H]3CN(C(=O)NCC(C)O)C[C@H]3C2)cc1. The van der Waals surface area contributed by atoms with Crippen LogP contribution in [0, 0.1) is 11.8 Å². The first-order chi connectivity index (χ1) is 11.6. The molecule has 0 saturated carbocycles. The van der Waals surface area contributed by atoms with Crippen LogP contribution in [0.2, 0.25) is 0 Å². The molecule has 6 heteroatoms. The maximum Gasteiger partial charge on any atom is 0.317 e. The molecule has 6 nitrogen and oxygen atoms in total. The fourth-order valence-electron chi connectivity index (χ4n) is 3.64. The van der Waals surface area contributed by atoms with E-state index in [2.05, 4.69) is 22.3 Å². The molecule has 2 aliphatic heterocycles. The number of hydrogen-bond donors (Lipinski definition) is 2. The molecule has 2 heterocycles. The van der Waals surface area contributed by atoms with E-state index >= 15 is 0 Å². The van der Waals surface area contributed by atoms with Crippen molar-refractivity contribution in [2.24, 2.45) is 11.8 Å². The molecule has 24 heavy (non-hydrogen) atoms. The molecule has 2 amide bonds. The van der Waals surface area contributed by atoms with Crippen molar-refractivity contribution in [2.75, 3.05) is 44.2 Å². The van der Waals surface area contributed by atoms with E-state index < -0.39 is 6.10 Å². The Kier molecular flexibility index (Phi) is 5.14. The topological polar surface area (TPSA) is 65.0 Å². The quantitative estimate of drug-likeness (QED) is 0.858. The third-order valence-corrected chi connectivity index (χ3v) is 4.84. The number of ether oxygens (including phenoxy) is 1. The van der Waals surface area contributed by atoms with Crippen molar-refractivity contribution in [2.45, 2.75) is 20.0 Å². The second-order valence-corrected chi connectivity index (χ2v) is 6.79. The normalized spacial score (nSPS) is 24.0. The summed E-state index contributed by atoms with van der Waals surface area (Å²) in [6.07, 6.45) is -0.508. The summed E-state index contributed by atoms with van der Waals surface area (Å²) in [5, 5.41) is 12.1. The van der Waals surface area contributed by atoms with Crippen LogP contribution >= 0.6 is 0 Å². The van der Waals surface area contributed by atoms with Gasteiger partial charge in [-0.05, 0) is 38.1 Å². The first-order valence-corrected chi connectivity index (χ1v) is 8.75. The Bertz CT molecular complexity index is 547. The first kappa shape index (κ1) is 16.9. The molecule has 2 fully saturated rings. The number of amides is 2. The number of hydrogen-bond acceptors (Lipinski definition) is 4. The zero-order chi connectivity index (χ0) is 17.1. The largest absolute Gasteiger partial charge is 0.494 e. The van der Waals surface area contributed by atoms with Gasteiger partial charge in [-0.15, -0.1) is 0 Å². The van der Waals surface area contributed by atoms with Crippen LogP contribution < -0.4 is 15.0 Å². The lowest BCUT2D eigenvalue weighted by Crippen LogP contribution is -2.42. The van der Waals surface area contributed by atoms with E-state index in [0.29, 0.717) is 25.0 Å². The Morgan fingerprint density at radius 1 is 1.25 bits per heavy atom. The monoisotopic (exact) mass is 333 g/mol. The Morgan fingerprint density at radius 3 is 2.42 bits per heavy atom. The van der Waals surface area contributed by atoms with Gasteiger partial charge in [0.05, 0.1) is 12.7 Å². The number of benzene rings is 1. The molecule has 1 aromatic carbocycles. The lowest BCUT2D eigenvalue weighted by molar-refractivity contribution is 0.175. The smallest absolute Gasteiger partial charge is 0.317 e. The number of nitrogens with zero attached hydrogens (tertiary/aromatic N) is 2. The predicted molar refractivity (Wildman–Crippen MR) is 93.5 cm³/mol. The van der Waals surface area contributed by atoms with Crippen molar-refractivity contribution in [3.63, 3.8) is 0 Å². The van der Waals surface area contributed by atoms with Gasteiger partial charge in [0.25, 0.3) is 0 Å². The molecule has 0 radical (unpaired) electrons. The zero-order valence-corrected chi connectivity index (χ0v) is 14.4. The summed E-state index contributed by atoms with van der Waals surface area (Å²) in [4.78, 5) is 16.4. The molecule has 1 unspecified atom stereocenters. The zero-order valence-electron chi connectivity index (χ0n) is 14.4. The van der Waals surface area contributed by atoms with Crippen molar-refractivity contribution in [1.82, 2.24) is 10.2 Å². The van der Waals surface area contributed by atoms with Crippen LogP contribution in [-0.4, -0.2) is 61.5 Å². The number of fused-ring (bicyclic) bond motifs is 1. The minimum atomic E-state index is -0.508. The van der Waals surface area contributed by atoms with E-state index in [9.17, 15) is 9.90 Å². The number of likely N-dealkylation sites (tertiary alicyclic amines) is 1. The maximum absolute atomic E-state index is 12.1. The average molecular weight is 333 g/mol. The molecule has 132 valence electrons. The number of carbonyl (C=O) groups is 1. The molecule has 0 aromatic heterocycles. The van der Waals surface area contributed by atoms with Gasteiger partial charge in [0.2, 0.25) is 0 Å². The van der Waals surface area contributed by atoms with E-state index in [-0.39, 0.29) is 6.03 Å². The summed E-state index contributed by atoms with van der Waals surface area (Å²) in [7, 11) is 0. The predicted octanol–water partition coefficient (Wildman–Crippen LogP) is 1.54. The van der Waals surface area contributed by atoms with Crippen LogP contribution in [0.4, 0.5) is 10.5 Å². The van der Waals surface area contributed by atoms with Crippen molar-refractivity contribution in [3.8, 4) is 5.75 Å². The molecule has 0 spiro atoms. The summed E-state index contributed by atoms with van der Waals surface area (Å²) < 4.78 is 5.49. The van der Waals surface area contributed by atoms with Crippen LogP contribution in [-0.2, 0) is 0 Å². The minimum Gasteiger partial charge on any atom is -0.494 e. The number of urea groups is 1. The van der Waals surface area contributed by atoms with Gasteiger partial charge in [-0.3, -0.25) is 0 Å². The molecule has 2 aliphatic rings. The third-order valence-electron chi connectivity index (χ3n) is 4.84. The first-order valence-electron chi connectivity index (χ1n) is 8.75. The summed E-state index contributed by atoms with van der Waals surface area (Å²) in [6.45, 7) is 8.21. The van der Waals surface area contributed by atoms with Crippen LogP contribution in [0.1, 0.15) is 13.8 Å². The van der Waals surface area contributed by atoms with Crippen molar-refractivity contribution >= 4 is 11.7 Å². The molecule has 1 aromatic rings. The minimum absolute atomic E-state index is 0.0575. The summed E-state index contributed by atoms with van der Waals surface area (Å²) in [5.41, 5.74) is 1.22. The maximum atomic E-state index is 12.1. The Hall–Kier alpha value is -1.95. The average Bonchev–Trinajstić information content (AvgIpc) is 3.12. The summed E-state index contributed by atoms with van der Waals surface area (Å²) >= 11 is 0. The number of aliphatic hydroxyl groups excluding tert-OH is 1. The van der Waals surface area contributed by atoms with Gasteiger partial charge in [0.1, 0.15) is 5.75 Å². The molecule has 0 bridgehead atoms. The van der Waals surface area contributed by atoms with Crippen molar-refractivity contribution in [3.05, 3.63) is 24.3 Å². The number of carbonyl (C=O) groups excluding carboxylic acids is 1. The molecule has 3 rings (SSSR count). The van der Waals surface area contributed by atoms with E-state index in [1.165, 1.54) is 5.69 Å². The fraction of sp³-hybridized carbons (Fsp3) is 0.611. The number of rotatable bonds is 5. The van der Waals surface area contributed by atoms with Crippen LogP contribution in [0.15, 0.2) is 24.3 Å². The highest BCUT2D eigenvalue weighted by Crippen LogP contribution is 2.34. The molecule has 2 saturated heterocycles. The number of nitrogens with one attached hydrogen (secondary N) is 1. The van der Waals surface area contributed by atoms with Crippen LogP contribution in [0.25, 0.3) is 0 Å². The van der Waals surface area contributed by atoms with Crippen molar-refractivity contribution in [1.29, 1.82) is 0 Å². The van der Waals surface area contributed by atoms with Gasteiger partial charge in [0, 0.05) is 50.2 Å². The van der Waals surface area contributed by atoms with Gasteiger partial charge >= 0.3 is 6.03 Å². The molecule has 0 aliphatic carbocycles. The fourth-order valence-corrected chi connectivity index (χ4v) is 3.64. The Balaban J connectivity index is 1.52. The van der Waals surface area contributed by atoms with Crippen LogP contribution in [0.3, 0.4) is 0 Å². The lowest BCUT2D eigenvalue weighted by Gasteiger charge is -2.23. The second-order valence-electron chi connectivity index (χ2n) is 6.79. The van der Waals surface area contributed by atoms with Gasteiger partial charge in [0.15, 0.2) is 0 Å². The van der Waals surface area contributed by atoms with Crippen LogP contribution in [0.5, 0.6) is 5.75 Å². The highest BCUT2D eigenvalue weighted by atomic mass is 16.5. The second kappa shape index (κ2) is 7.30. The highest BCUT2D eigenvalue weighted by Gasteiger charge is 2.41.